The topological polar surface area (TPSA) is 86.7 Å². The van der Waals surface area contributed by atoms with Crippen LogP contribution in [-0.4, -0.2) is 39.3 Å². The predicted octanol–water partition coefficient (Wildman–Crippen LogP) is 1.28. The second-order valence-electron chi connectivity index (χ2n) is 4.46. The van der Waals surface area contributed by atoms with Crippen molar-refractivity contribution >= 4 is 27.4 Å². The van der Waals surface area contributed by atoms with Crippen LogP contribution in [0, 0.1) is 6.92 Å². The molecule has 0 aliphatic carbocycles. The highest BCUT2D eigenvalue weighted by atomic mass is 32.2. The second-order valence-corrected chi connectivity index (χ2v) is 6.30. The van der Waals surface area contributed by atoms with Gasteiger partial charge < -0.3 is 10.0 Å². The quantitative estimate of drug-likeness (QED) is 0.822. The van der Waals surface area contributed by atoms with Gasteiger partial charge in [0.05, 0.1) is 17.9 Å². The van der Waals surface area contributed by atoms with Crippen LogP contribution in [-0.2, 0) is 14.8 Å². The van der Waals surface area contributed by atoms with E-state index >= 15 is 0 Å². The number of hydrogen-bond donors (Lipinski definition) is 2. The number of nitrogens with zero attached hydrogens (tertiary/aromatic N) is 1. The lowest BCUT2D eigenvalue weighted by Crippen LogP contribution is -2.19. The molecule has 0 fully saturated rings. The maximum Gasteiger partial charge on any atom is 0.304 e. The molecule has 0 amide bonds. The lowest BCUT2D eigenvalue weighted by molar-refractivity contribution is -0.136. The Labute approximate surface area is 113 Å². The first-order chi connectivity index (χ1) is 8.71. The van der Waals surface area contributed by atoms with E-state index < -0.39 is 28.2 Å². The van der Waals surface area contributed by atoms with Crippen molar-refractivity contribution in [3.05, 3.63) is 23.8 Å². The Hall–Kier alpha value is -1.76. The maximum absolute atomic E-state index is 11.7. The zero-order chi connectivity index (χ0) is 14.6. The van der Waals surface area contributed by atoms with Gasteiger partial charge in [-0.2, -0.15) is 0 Å². The summed E-state index contributed by atoms with van der Waals surface area (Å²) in [6, 6.07) is 5.32. The molecule has 1 aromatic rings. The van der Waals surface area contributed by atoms with Crippen LogP contribution >= 0.6 is 0 Å². The molecule has 6 nitrogen and oxygen atoms in total. The van der Waals surface area contributed by atoms with E-state index in [2.05, 4.69) is 4.72 Å². The predicted molar refractivity (Wildman–Crippen MR) is 75.2 cm³/mol. The van der Waals surface area contributed by atoms with E-state index in [9.17, 15) is 13.2 Å². The van der Waals surface area contributed by atoms with Crippen molar-refractivity contribution in [2.45, 2.75) is 13.3 Å². The minimum atomic E-state index is -3.63. The minimum Gasteiger partial charge on any atom is -0.481 e. The van der Waals surface area contributed by atoms with Crippen LogP contribution in [0.25, 0.3) is 0 Å². The average molecular weight is 286 g/mol. The number of aliphatic carboxylic acids is 1. The molecular weight excluding hydrogens is 268 g/mol. The van der Waals surface area contributed by atoms with Crippen LogP contribution < -0.4 is 9.62 Å². The van der Waals surface area contributed by atoms with Crippen LogP contribution in [0.1, 0.15) is 12.0 Å². The van der Waals surface area contributed by atoms with E-state index in [-0.39, 0.29) is 0 Å². The number of anilines is 2. The zero-order valence-corrected chi connectivity index (χ0v) is 12.0. The number of hydrogen-bond acceptors (Lipinski definition) is 4. The summed E-state index contributed by atoms with van der Waals surface area (Å²) in [6.45, 7) is 1.79. The van der Waals surface area contributed by atoms with E-state index in [0.29, 0.717) is 5.69 Å². The molecule has 19 heavy (non-hydrogen) atoms. The molecule has 2 N–H and O–H groups in total. The summed E-state index contributed by atoms with van der Waals surface area (Å²) >= 11 is 0. The number of benzene rings is 1. The molecule has 7 heteroatoms. The summed E-state index contributed by atoms with van der Waals surface area (Å²) in [5.41, 5.74) is 2.21. The lowest BCUT2D eigenvalue weighted by Gasteiger charge is -2.16. The number of nitrogens with one attached hydrogen (secondary N) is 1. The van der Waals surface area contributed by atoms with E-state index in [1.165, 1.54) is 0 Å². The summed E-state index contributed by atoms with van der Waals surface area (Å²) in [5, 5.41) is 8.50. The molecule has 0 spiro atoms. The van der Waals surface area contributed by atoms with Gasteiger partial charge in [0.1, 0.15) is 0 Å². The Bertz CT molecular complexity index is 567. The van der Waals surface area contributed by atoms with Crippen LogP contribution in [0.15, 0.2) is 18.2 Å². The molecule has 0 atom stereocenters. The van der Waals surface area contributed by atoms with Crippen molar-refractivity contribution in [3.63, 3.8) is 0 Å². The van der Waals surface area contributed by atoms with Crippen LogP contribution in [0.3, 0.4) is 0 Å². The van der Waals surface area contributed by atoms with Crippen molar-refractivity contribution in [2.24, 2.45) is 0 Å². The van der Waals surface area contributed by atoms with Crippen LogP contribution in [0.4, 0.5) is 11.4 Å². The third-order valence-corrected chi connectivity index (χ3v) is 3.85. The van der Waals surface area contributed by atoms with Gasteiger partial charge in [0, 0.05) is 19.8 Å². The van der Waals surface area contributed by atoms with E-state index in [1.807, 2.05) is 25.1 Å². The lowest BCUT2D eigenvalue weighted by atomic mass is 10.2. The molecule has 0 saturated carbocycles. The number of rotatable bonds is 6. The fourth-order valence-corrected chi connectivity index (χ4v) is 2.59. The van der Waals surface area contributed by atoms with Gasteiger partial charge in [-0.15, -0.1) is 0 Å². The summed E-state index contributed by atoms with van der Waals surface area (Å²) in [7, 11) is 0.159. The first-order valence-electron chi connectivity index (χ1n) is 5.71. The van der Waals surface area contributed by atoms with Crippen molar-refractivity contribution < 1.29 is 18.3 Å². The Morgan fingerprint density at radius 3 is 2.47 bits per heavy atom. The highest BCUT2D eigenvalue weighted by molar-refractivity contribution is 7.92. The molecule has 0 radical (unpaired) electrons. The van der Waals surface area contributed by atoms with Crippen molar-refractivity contribution in [1.29, 1.82) is 0 Å². The van der Waals surface area contributed by atoms with Gasteiger partial charge >= 0.3 is 5.97 Å². The van der Waals surface area contributed by atoms with Crippen molar-refractivity contribution in [3.8, 4) is 0 Å². The normalized spacial score (nSPS) is 11.1. The summed E-state index contributed by atoms with van der Waals surface area (Å²) in [5.74, 6) is -1.57. The minimum absolute atomic E-state index is 0.413. The monoisotopic (exact) mass is 286 g/mol. The molecule has 0 unspecified atom stereocenters. The van der Waals surface area contributed by atoms with E-state index in [1.54, 1.807) is 19.1 Å². The molecule has 106 valence electrons. The fraction of sp³-hybridized carbons (Fsp3) is 0.417. The molecule has 0 aliphatic rings. The van der Waals surface area contributed by atoms with Gasteiger partial charge in [0.2, 0.25) is 10.0 Å². The van der Waals surface area contributed by atoms with Gasteiger partial charge in [-0.3, -0.25) is 9.52 Å². The van der Waals surface area contributed by atoms with Gasteiger partial charge in [0.15, 0.2) is 0 Å². The van der Waals surface area contributed by atoms with Crippen molar-refractivity contribution in [2.75, 3.05) is 29.5 Å². The summed E-state index contributed by atoms with van der Waals surface area (Å²) in [4.78, 5) is 12.3. The zero-order valence-electron chi connectivity index (χ0n) is 11.2. The van der Waals surface area contributed by atoms with Crippen LogP contribution in [0.5, 0.6) is 0 Å². The number of aryl methyl sites for hydroxylation is 1. The molecule has 0 saturated heterocycles. The fourth-order valence-electron chi connectivity index (χ4n) is 1.48. The first kappa shape index (κ1) is 15.3. The largest absolute Gasteiger partial charge is 0.481 e. The van der Waals surface area contributed by atoms with E-state index in [4.69, 9.17) is 5.11 Å². The third-order valence-electron chi connectivity index (χ3n) is 2.58. The van der Waals surface area contributed by atoms with Gasteiger partial charge in [-0.25, -0.2) is 8.42 Å². The Balaban J connectivity index is 2.85. The standard InChI is InChI=1S/C12H18N2O4S/c1-9-8-10(14(2)3)4-5-11(9)13-19(17,18)7-6-12(15)16/h4-5,8,13H,6-7H2,1-3H3,(H,15,16). The molecule has 0 heterocycles. The molecule has 0 aliphatic heterocycles. The molecular formula is C12H18N2O4S. The van der Waals surface area contributed by atoms with E-state index in [0.717, 1.165) is 11.3 Å². The highest BCUT2D eigenvalue weighted by Gasteiger charge is 2.14. The number of sulfonamides is 1. The Morgan fingerprint density at radius 2 is 2.00 bits per heavy atom. The van der Waals surface area contributed by atoms with Gasteiger partial charge in [0.25, 0.3) is 0 Å². The van der Waals surface area contributed by atoms with Gasteiger partial charge in [-0.1, -0.05) is 0 Å². The average Bonchev–Trinajstić information content (AvgIpc) is 2.29. The highest BCUT2D eigenvalue weighted by Crippen LogP contribution is 2.22. The number of carboxylic acids is 1. The number of carbonyl (C=O) groups is 1. The maximum atomic E-state index is 11.7. The van der Waals surface area contributed by atoms with Gasteiger partial charge in [-0.05, 0) is 30.7 Å². The molecule has 1 aromatic carbocycles. The molecule has 1 rings (SSSR count). The second kappa shape index (κ2) is 5.92. The first-order valence-corrected chi connectivity index (χ1v) is 7.37. The smallest absolute Gasteiger partial charge is 0.304 e. The summed E-state index contributed by atoms with van der Waals surface area (Å²) < 4.78 is 25.8. The molecule has 0 bridgehead atoms. The molecule has 0 aromatic heterocycles. The van der Waals surface area contributed by atoms with Crippen LogP contribution in [0.2, 0.25) is 0 Å². The Kier molecular flexibility index (Phi) is 4.77. The number of carboxylic acid groups (broad SMARTS) is 1. The SMILES string of the molecule is Cc1cc(N(C)C)ccc1NS(=O)(=O)CCC(=O)O. The Morgan fingerprint density at radius 1 is 1.37 bits per heavy atom. The summed E-state index contributed by atoms with van der Waals surface area (Å²) in [6.07, 6.45) is -0.413. The third kappa shape index (κ3) is 4.78. The van der Waals surface area contributed by atoms with Crippen molar-refractivity contribution in [1.82, 2.24) is 0 Å².